The molecule has 1 saturated carbocycles. The summed E-state index contributed by atoms with van der Waals surface area (Å²) in [6.45, 7) is 4.51. The molecule has 3 atom stereocenters. The second kappa shape index (κ2) is 5.66. The maximum Gasteiger partial charge on any atom is 0.224 e. The summed E-state index contributed by atoms with van der Waals surface area (Å²) in [7, 11) is 0. The molecule has 0 bridgehead atoms. The van der Waals surface area contributed by atoms with Gasteiger partial charge in [-0.3, -0.25) is 4.79 Å². The van der Waals surface area contributed by atoms with E-state index in [1.807, 2.05) is 0 Å². The van der Waals surface area contributed by atoms with Crippen LogP contribution in [-0.4, -0.2) is 11.9 Å². The number of hydrogen-bond acceptors (Lipinski definition) is 2. The van der Waals surface area contributed by atoms with Crippen molar-refractivity contribution < 1.29 is 9.18 Å². The zero-order chi connectivity index (χ0) is 15.0. The number of fused-ring (bicyclic) bond motifs is 1. The van der Waals surface area contributed by atoms with Crippen LogP contribution < -0.4 is 10.6 Å². The Morgan fingerprint density at radius 2 is 2.05 bits per heavy atom. The van der Waals surface area contributed by atoms with Crippen molar-refractivity contribution in [2.24, 2.45) is 11.8 Å². The summed E-state index contributed by atoms with van der Waals surface area (Å²) >= 11 is 0. The maximum atomic E-state index is 14.3. The lowest BCUT2D eigenvalue weighted by Gasteiger charge is -2.34. The van der Waals surface area contributed by atoms with E-state index in [0.29, 0.717) is 30.5 Å². The average molecular weight is 290 g/mol. The number of anilines is 2. The first-order chi connectivity index (χ1) is 10.0. The maximum absolute atomic E-state index is 14.3. The summed E-state index contributed by atoms with van der Waals surface area (Å²) in [5.41, 5.74) is 2.16. The van der Waals surface area contributed by atoms with Crippen LogP contribution >= 0.6 is 0 Å². The van der Waals surface area contributed by atoms with Gasteiger partial charge in [0.15, 0.2) is 0 Å². The Balaban J connectivity index is 1.79. The molecule has 0 aromatic heterocycles. The third-order valence-corrected chi connectivity index (χ3v) is 4.86. The van der Waals surface area contributed by atoms with Gasteiger partial charge in [-0.15, -0.1) is 0 Å². The Morgan fingerprint density at radius 1 is 1.24 bits per heavy atom. The van der Waals surface area contributed by atoms with Crippen LogP contribution in [0.25, 0.3) is 0 Å². The Kier molecular flexibility index (Phi) is 3.87. The first-order valence-electron chi connectivity index (χ1n) is 7.91. The van der Waals surface area contributed by atoms with Gasteiger partial charge in [-0.05, 0) is 55.2 Å². The zero-order valence-electron chi connectivity index (χ0n) is 12.7. The van der Waals surface area contributed by atoms with Crippen LogP contribution in [0.5, 0.6) is 0 Å². The van der Waals surface area contributed by atoms with E-state index in [0.717, 1.165) is 23.6 Å². The van der Waals surface area contributed by atoms with Gasteiger partial charge in [0.1, 0.15) is 5.82 Å². The Labute approximate surface area is 125 Å². The van der Waals surface area contributed by atoms with Crippen molar-refractivity contribution >= 4 is 17.3 Å². The second-order valence-corrected chi connectivity index (χ2v) is 6.68. The fourth-order valence-corrected chi connectivity index (χ4v) is 3.59. The van der Waals surface area contributed by atoms with Gasteiger partial charge >= 0.3 is 0 Å². The van der Waals surface area contributed by atoms with Crippen LogP contribution in [0.15, 0.2) is 12.1 Å². The molecule has 114 valence electrons. The number of nitrogens with one attached hydrogen (secondary N) is 2. The van der Waals surface area contributed by atoms with Gasteiger partial charge in [0, 0.05) is 18.2 Å². The number of carbonyl (C=O) groups is 1. The number of rotatable bonds is 2. The summed E-state index contributed by atoms with van der Waals surface area (Å²) in [5, 5.41) is 6.20. The molecule has 21 heavy (non-hydrogen) atoms. The summed E-state index contributed by atoms with van der Waals surface area (Å²) in [6.07, 6.45) is 4.50. The normalized spacial score (nSPS) is 28.7. The van der Waals surface area contributed by atoms with Crippen molar-refractivity contribution in [2.75, 3.05) is 10.6 Å². The molecule has 0 spiro atoms. The molecule has 4 heteroatoms. The van der Waals surface area contributed by atoms with Crippen LogP contribution in [-0.2, 0) is 11.2 Å². The predicted molar refractivity (Wildman–Crippen MR) is 82.9 cm³/mol. The van der Waals surface area contributed by atoms with E-state index in [2.05, 4.69) is 24.5 Å². The number of hydrogen-bond donors (Lipinski definition) is 2. The average Bonchev–Trinajstić information content (AvgIpc) is 2.43. The molecule has 1 aromatic carbocycles. The Bertz CT molecular complexity index is 558. The van der Waals surface area contributed by atoms with Crippen LogP contribution in [0.4, 0.5) is 15.8 Å². The van der Waals surface area contributed by atoms with Crippen molar-refractivity contribution in [3.63, 3.8) is 0 Å². The lowest BCUT2D eigenvalue weighted by Crippen LogP contribution is -2.33. The molecule has 1 aliphatic heterocycles. The van der Waals surface area contributed by atoms with E-state index in [9.17, 15) is 9.18 Å². The van der Waals surface area contributed by atoms with Crippen molar-refractivity contribution in [1.82, 2.24) is 0 Å². The molecular formula is C17H23FN2O. The van der Waals surface area contributed by atoms with E-state index in [1.54, 1.807) is 12.1 Å². The van der Waals surface area contributed by atoms with E-state index < -0.39 is 0 Å². The van der Waals surface area contributed by atoms with Crippen molar-refractivity contribution in [2.45, 2.75) is 52.0 Å². The molecule has 3 unspecified atom stereocenters. The lowest BCUT2D eigenvalue weighted by atomic mass is 9.80. The third-order valence-electron chi connectivity index (χ3n) is 4.86. The molecule has 0 radical (unpaired) electrons. The van der Waals surface area contributed by atoms with Gasteiger partial charge in [-0.1, -0.05) is 13.8 Å². The first kappa shape index (κ1) is 14.4. The topological polar surface area (TPSA) is 41.1 Å². The SMILES string of the molecule is CC1CCC(Nc2cc3c(cc2F)CCC(=O)N3)C(C)C1. The first-order valence-corrected chi connectivity index (χ1v) is 7.91. The molecule has 3 nitrogen and oxygen atoms in total. The quantitative estimate of drug-likeness (QED) is 0.866. The molecule has 2 N–H and O–H groups in total. The van der Waals surface area contributed by atoms with Crippen LogP contribution in [0.1, 0.15) is 45.1 Å². The minimum absolute atomic E-state index is 0.0138. The van der Waals surface area contributed by atoms with Crippen LogP contribution in [0.3, 0.4) is 0 Å². The molecule has 1 amide bonds. The Morgan fingerprint density at radius 3 is 2.81 bits per heavy atom. The summed E-state index contributed by atoms with van der Waals surface area (Å²) in [5.74, 6) is 1.10. The van der Waals surface area contributed by atoms with Crippen LogP contribution in [0, 0.1) is 17.7 Å². The van der Waals surface area contributed by atoms with Gasteiger partial charge in [0.05, 0.1) is 5.69 Å². The fraction of sp³-hybridized carbons (Fsp3) is 0.588. The number of aryl methyl sites for hydroxylation is 1. The predicted octanol–water partition coefficient (Wildman–Crippen LogP) is 3.95. The van der Waals surface area contributed by atoms with Gasteiger partial charge in [-0.25, -0.2) is 4.39 Å². The molecule has 0 saturated heterocycles. The van der Waals surface area contributed by atoms with E-state index in [4.69, 9.17) is 0 Å². The third kappa shape index (κ3) is 3.04. The number of benzene rings is 1. The van der Waals surface area contributed by atoms with E-state index >= 15 is 0 Å². The summed E-state index contributed by atoms with van der Waals surface area (Å²) in [4.78, 5) is 11.5. The molecule has 1 fully saturated rings. The molecule has 1 aromatic rings. The highest BCUT2D eigenvalue weighted by Crippen LogP contribution is 2.33. The molecule has 3 rings (SSSR count). The molecular weight excluding hydrogens is 267 g/mol. The minimum atomic E-state index is -0.212. The number of halogens is 1. The largest absolute Gasteiger partial charge is 0.380 e. The zero-order valence-corrected chi connectivity index (χ0v) is 12.7. The van der Waals surface area contributed by atoms with Gasteiger partial charge in [0.2, 0.25) is 5.91 Å². The van der Waals surface area contributed by atoms with Gasteiger partial charge in [0.25, 0.3) is 0 Å². The van der Waals surface area contributed by atoms with Gasteiger partial charge in [-0.2, -0.15) is 0 Å². The Hall–Kier alpha value is -1.58. The van der Waals surface area contributed by atoms with E-state index in [-0.39, 0.29) is 11.7 Å². The number of amides is 1. The highest BCUT2D eigenvalue weighted by atomic mass is 19.1. The monoisotopic (exact) mass is 290 g/mol. The summed E-state index contributed by atoms with van der Waals surface area (Å²) in [6, 6.07) is 3.63. The molecule has 1 aliphatic carbocycles. The standard InChI is InChI=1S/C17H23FN2O/c1-10-3-5-14(11(2)7-10)19-16-9-15-12(8-13(16)18)4-6-17(21)20-15/h8-11,14,19H,3-7H2,1-2H3,(H,20,21). The van der Waals surface area contributed by atoms with Crippen molar-refractivity contribution in [1.29, 1.82) is 0 Å². The highest BCUT2D eigenvalue weighted by molar-refractivity contribution is 5.94. The molecule has 1 heterocycles. The second-order valence-electron chi connectivity index (χ2n) is 6.68. The van der Waals surface area contributed by atoms with E-state index in [1.165, 1.54) is 12.8 Å². The van der Waals surface area contributed by atoms with Gasteiger partial charge < -0.3 is 10.6 Å². The van der Waals surface area contributed by atoms with Crippen LogP contribution in [0.2, 0.25) is 0 Å². The molecule has 2 aliphatic rings. The smallest absolute Gasteiger partial charge is 0.224 e. The van der Waals surface area contributed by atoms with Crippen molar-refractivity contribution in [3.8, 4) is 0 Å². The minimum Gasteiger partial charge on any atom is -0.380 e. The lowest BCUT2D eigenvalue weighted by molar-refractivity contribution is -0.116. The fourth-order valence-electron chi connectivity index (χ4n) is 3.59. The summed E-state index contributed by atoms with van der Waals surface area (Å²) < 4.78 is 14.3. The number of carbonyl (C=O) groups excluding carboxylic acids is 1. The van der Waals surface area contributed by atoms with Crippen molar-refractivity contribution in [3.05, 3.63) is 23.5 Å². The highest BCUT2D eigenvalue weighted by Gasteiger charge is 2.26.